The molecule has 2 aromatic heterocycles. The van der Waals surface area contributed by atoms with E-state index in [1.807, 2.05) is 23.7 Å². The topological polar surface area (TPSA) is 100 Å². The molecule has 0 amide bonds. The van der Waals surface area contributed by atoms with Crippen LogP contribution in [0.25, 0.3) is 16.5 Å². The molecule has 3 aromatic rings. The molecule has 3 N–H and O–H groups in total. The van der Waals surface area contributed by atoms with Gasteiger partial charge in [0.2, 0.25) is 0 Å². The second-order valence-corrected chi connectivity index (χ2v) is 11.5. The highest BCUT2D eigenvalue weighted by atomic mass is 16.3. The maximum Gasteiger partial charge on any atom is 0.258 e. The highest BCUT2D eigenvalue weighted by Gasteiger charge is 2.36. The van der Waals surface area contributed by atoms with Crippen LogP contribution in [-0.4, -0.2) is 37.8 Å². The van der Waals surface area contributed by atoms with Crippen molar-refractivity contribution in [3.05, 3.63) is 51.2 Å². The standard InChI is InChI=1S/C29H38N4O3/c1-5-7-19-12-17-13-20(33-24-15-29(3,4)16-25(35)27(24)22(6-2)32-33)14-23(26(17)28(36)31-19)30-18-8-10-21(34)11-9-18/h12-14,18,21,30,34H,5-11,15-16H2,1-4H3,(H,31,36). The summed E-state index contributed by atoms with van der Waals surface area (Å²) in [7, 11) is 0. The fraction of sp³-hybridized carbons (Fsp3) is 0.552. The maximum absolute atomic E-state index is 13.2. The summed E-state index contributed by atoms with van der Waals surface area (Å²) >= 11 is 0. The van der Waals surface area contributed by atoms with Gasteiger partial charge in [0.1, 0.15) is 0 Å². The molecule has 0 radical (unpaired) electrons. The van der Waals surface area contributed by atoms with Crippen LogP contribution in [0.2, 0.25) is 0 Å². The zero-order valence-electron chi connectivity index (χ0n) is 21.9. The molecule has 0 saturated heterocycles. The first kappa shape index (κ1) is 24.8. The Bertz CT molecular complexity index is 1360. The first-order valence-corrected chi connectivity index (χ1v) is 13.5. The Kier molecular flexibility index (Phi) is 6.54. The van der Waals surface area contributed by atoms with Crippen molar-refractivity contribution in [2.75, 3.05) is 5.32 Å². The number of hydrogen-bond acceptors (Lipinski definition) is 5. The van der Waals surface area contributed by atoms with Crippen LogP contribution in [-0.2, 0) is 19.3 Å². The average molecular weight is 491 g/mol. The average Bonchev–Trinajstić information content (AvgIpc) is 3.18. The van der Waals surface area contributed by atoms with E-state index in [1.54, 1.807) is 0 Å². The van der Waals surface area contributed by atoms with Gasteiger partial charge in [0.15, 0.2) is 5.78 Å². The molecule has 1 fully saturated rings. The van der Waals surface area contributed by atoms with Gasteiger partial charge in [-0.1, -0.05) is 34.1 Å². The van der Waals surface area contributed by atoms with E-state index in [4.69, 9.17) is 5.10 Å². The lowest BCUT2D eigenvalue weighted by molar-refractivity contribution is 0.0910. The van der Waals surface area contributed by atoms with Crippen molar-refractivity contribution >= 4 is 22.2 Å². The molecule has 7 heteroatoms. The summed E-state index contributed by atoms with van der Waals surface area (Å²) in [5.74, 6) is 0.172. The lowest BCUT2D eigenvalue weighted by atomic mass is 9.75. The number of anilines is 1. The van der Waals surface area contributed by atoms with Crippen LogP contribution in [0.5, 0.6) is 0 Å². The Morgan fingerprint density at radius 1 is 1.11 bits per heavy atom. The number of hydrogen-bond donors (Lipinski definition) is 3. The van der Waals surface area contributed by atoms with Crippen LogP contribution in [0, 0.1) is 5.41 Å². The maximum atomic E-state index is 13.2. The fourth-order valence-corrected chi connectivity index (χ4v) is 6.02. The number of carbonyl (C=O) groups is 1. The van der Waals surface area contributed by atoms with Gasteiger partial charge < -0.3 is 15.4 Å². The van der Waals surface area contributed by atoms with Gasteiger partial charge in [0.05, 0.1) is 34.1 Å². The minimum Gasteiger partial charge on any atom is -0.393 e. The van der Waals surface area contributed by atoms with Crippen molar-refractivity contribution in [1.82, 2.24) is 14.8 Å². The van der Waals surface area contributed by atoms with E-state index in [-0.39, 0.29) is 28.9 Å². The smallest absolute Gasteiger partial charge is 0.258 e. The van der Waals surface area contributed by atoms with Crippen LogP contribution in [0.15, 0.2) is 23.0 Å². The van der Waals surface area contributed by atoms with Crippen molar-refractivity contribution in [3.8, 4) is 5.69 Å². The number of aliphatic hydroxyl groups is 1. The summed E-state index contributed by atoms with van der Waals surface area (Å²) in [4.78, 5) is 29.4. The number of H-pyrrole nitrogens is 1. The zero-order chi connectivity index (χ0) is 25.6. The largest absolute Gasteiger partial charge is 0.393 e. The number of pyridine rings is 1. The van der Waals surface area contributed by atoms with Gasteiger partial charge in [-0.15, -0.1) is 0 Å². The summed E-state index contributed by atoms with van der Waals surface area (Å²) in [6.07, 6.45) is 6.76. The van der Waals surface area contributed by atoms with E-state index in [9.17, 15) is 14.7 Å². The Balaban J connectivity index is 1.69. The molecule has 2 aliphatic carbocycles. The SMILES string of the molecule is CCCc1cc2cc(-n3nc(CC)c4c3CC(C)(C)CC4=O)cc(NC3CCC(O)CC3)c2c(=O)[nH]1. The first-order chi connectivity index (χ1) is 17.2. The van der Waals surface area contributed by atoms with Crippen molar-refractivity contribution in [2.24, 2.45) is 5.41 Å². The van der Waals surface area contributed by atoms with Gasteiger partial charge in [-0.2, -0.15) is 5.10 Å². The fourth-order valence-electron chi connectivity index (χ4n) is 6.02. The number of aromatic amines is 1. The molecule has 2 heterocycles. The van der Waals surface area contributed by atoms with Gasteiger partial charge in [0, 0.05) is 23.8 Å². The van der Waals surface area contributed by atoms with Crippen LogP contribution in [0.1, 0.15) is 93.7 Å². The van der Waals surface area contributed by atoms with Crippen molar-refractivity contribution in [1.29, 1.82) is 0 Å². The highest BCUT2D eigenvalue weighted by Crippen LogP contribution is 2.38. The minimum absolute atomic E-state index is 0.0890. The van der Waals surface area contributed by atoms with Gasteiger partial charge in [0.25, 0.3) is 5.56 Å². The van der Waals surface area contributed by atoms with Crippen LogP contribution >= 0.6 is 0 Å². The van der Waals surface area contributed by atoms with E-state index < -0.39 is 0 Å². The molecule has 2 aliphatic rings. The lowest BCUT2D eigenvalue weighted by Gasteiger charge is -2.29. The predicted molar refractivity (Wildman–Crippen MR) is 143 cm³/mol. The molecule has 1 aromatic carbocycles. The number of ketones is 1. The molecule has 5 rings (SSSR count). The molecular weight excluding hydrogens is 452 g/mol. The Morgan fingerprint density at radius 3 is 2.56 bits per heavy atom. The Labute approximate surface area is 212 Å². The number of carbonyl (C=O) groups excluding carboxylic acids is 1. The normalized spacial score (nSPS) is 21.5. The number of aliphatic hydroxyl groups excluding tert-OH is 1. The van der Waals surface area contributed by atoms with Gasteiger partial charge in [-0.25, -0.2) is 4.68 Å². The molecule has 0 atom stereocenters. The molecule has 1 saturated carbocycles. The third-order valence-electron chi connectivity index (χ3n) is 7.76. The first-order valence-electron chi connectivity index (χ1n) is 13.5. The number of fused-ring (bicyclic) bond motifs is 2. The summed E-state index contributed by atoms with van der Waals surface area (Å²) in [5.41, 5.74) is 4.97. The third kappa shape index (κ3) is 4.61. The van der Waals surface area contributed by atoms with Crippen LogP contribution in [0.4, 0.5) is 5.69 Å². The zero-order valence-corrected chi connectivity index (χ0v) is 21.9. The molecule has 0 bridgehead atoms. The molecule has 192 valence electrons. The second-order valence-electron chi connectivity index (χ2n) is 11.5. The summed E-state index contributed by atoms with van der Waals surface area (Å²) < 4.78 is 1.95. The number of Topliss-reactive ketones (excluding diaryl/α,β-unsaturated/α-hetero) is 1. The van der Waals surface area contributed by atoms with E-state index in [0.717, 1.165) is 84.4 Å². The van der Waals surface area contributed by atoms with Gasteiger partial charge in [-0.3, -0.25) is 9.59 Å². The number of aryl methyl sites for hydroxylation is 2. The van der Waals surface area contributed by atoms with E-state index in [1.165, 1.54) is 0 Å². The van der Waals surface area contributed by atoms with Crippen molar-refractivity contribution in [3.63, 3.8) is 0 Å². The molecule has 0 aliphatic heterocycles. The van der Waals surface area contributed by atoms with Crippen molar-refractivity contribution in [2.45, 2.75) is 97.6 Å². The van der Waals surface area contributed by atoms with E-state index >= 15 is 0 Å². The summed E-state index contributed by atoms with van der Waals surface area (Å²) in [6, 6.07) is 6.32. The van der Waals surface area contributed by atoms with Crippen molar-refractivity contribution < 1.29 is 9.90 Å². The molecule has 0 unspecified atom stereocenters. The lowest BCUT2D eigenvalue weighted by Crippen LogP contribution is -2.29. The monoisotopic (exact) mass is 490 g/mol. The molecule has 36 heavy (non-hydrogen) atoms. The van der Waals surface area contributed by atoms with E-state index in [0.29, 0.717) is 18.2 Å². The number of aromatic nitrogens is 3. The predicted octanol–water partition coefficient (Wildman–Crippen LogP) is 5.10. The second kappa shape index (κ2) is 9.51. The molecular formula is C29H38N4O3. The number of benzene rings is 1. The number of nitrogens with zero attached hydrogens (tertiary/aromatic N) is 2. The van der Waals surface area contributed by atoms with Gasteiger partial charge in [-0.05, 0) is 73.9 Å². The third-order valence-corrected chi connectivity index (χ3v) is 7.76. The summed E-state index contributed by atoms with van der Waals surface area (Å²) in [5, 5.41) is 20.1. The van der Waals surface area contributed by atoms with Gasteiger partial charge >= 0.3 is 0 Å². The molecule has 7 nitrogen and oxygen atoms in total. The quantitative estimate of drug-likeness (QED) is 0.446. The number of nitrogens with one attached hydrogen (secondary N) is 2. The summed E-state index contributed by atoms with van der Waals surface area (Å²) in [6.45, 7) is 8.42. The van der Waals surface area contributed by atoms with E-state index in [2.05, 4.69) is 37.1 Å². The highest BCUT2D eigenvalue weighted by molar-refractivity contribution is 6.00. The minimum atomic E-state index is -0.241. The Hall–Kier alpha value is -2.93. The molecule has 0 spiro atoms. The van der Waals surface area contributed by atoms with Crippen LogP contribution < -0.4 is 10.9 Å². The Morgan fingerprint density at radius 2 is 1.86 bits per heavy atom. The van der Waals surface area contributed by atoms with Crippen LogP contribution in [0.3, 0.4) is 0 Å². The number of rotatable bonds is 6.